The van der Waals surface area contributed by atoms with Crippen LogP contribution in [0, 0.1) is 5.92 Å². The zero-order valence-corrected chi connectivity index (χ0v) is 16.5. The highest BCUT2D eigenvalue weighted by atomic mass is 16.5. The number of hydrogen-bond donors (Lipinski definition) is 2. The van der Waals surface area contributed by atoms with Gasteiger partial charge in [-0.05, 0) is 51.5 Å². The van der Waals surface area contributed by atoms with Crippen molar-refractivity contribution in [3.05, 3.63) is 36.7 Å². The van der Waals surface area contributed by atoms with Crippen LogP contribution in [-0.4, -0.2) is 49.2 Å². The third-order valence-electron chi connectivity index (χ3n) is 5.92. The molecule has 0 atom stereocenters. The average Bonchev–Trinajstić information content (AvgIpc) is 3.39. The number of H-pyrrole nitrogens is 1. The molecule has 0 spiro atoms. The number of rotatable bonds is 5. The van der Waals surface area contributed by atoms with Crippen LogP contribution in [0.25, 0.3) is 17.0 Å². The van der Waals surface area contributed by atoms with E-state index in [-0.39, 0.29) is 17.6 Å². The lowest BCUT2D eigenvalue weighted by Gasteiger charge is -2.38. The number of amides is 1. The maximum atomic E-state index is 13.0. The van der Waals surface area contributed by atoms with E-state index in [1.165, 1.54) is 0 Å². The Hall–Kier alpha value is -2.74. The Labute approximate surface area is 163 Å². The van der Waals surface area contributed by atoms with Gasteiger partial charge in [0.25, 0.3) is 5.91 Å². The molecule has 0 saturated heterocycles. The first kappa shape index (κ1) is 18.6. The summed E-state index contributed by atoms with van der Waals surface area (Å²) in [4.78, 5) is 29.1. The first-order chi connectivity index (χ1) is 13.5. The molecule has 8 nitrogen and oxygen atoms in total. The second-order valence-electron chi connectivity index (χ2n) is 7.91. The minimum Gasteiger partial charge on any atom is -0.379 e. The van der Waals surface area contributed by atoms with E-state index in [1.807, 2.05) is 6.07 Å². The van der Waals surface area contributed by atoms with Gasteiger partial charge in [0.2, 0.25) is 5.95 Å². The number of nitrogens with one attached hydrogen (secondary N) is 2. The molecule has 1 fully saturated rings. The molecule has 1 aliphatic carbocycles. The molecule has 0 aliphatic heterocycles. The molecule has 3 aromatic heterocycles. The summed E-state index contributed by atoms with van der Waals surface area (Å²) in [6.45, 7) is 4.27. The van der Waals surface area contributed by atoms with Crippen LogP contribution in [0.1, 0.15) is 50.0 Å². The molecule has 1 amide bonds. The highest BCUT2D eigenvalue weighted by molar-refractivity contribution is 6.03. The summed E-state index contributed by atoms with van der Waals surface area (Å²) in [6, 6.07) is 1.99. The molecule has 2 N–H and O–H groups in total. The summed E-state index contributed by atoms with van der Waals surface area (Å²) in [6.07, 6.45) is 10.8. The summed E-state index contributed by atoms with van der Waals surface area (Å²) in [5.41, 5.74) is 1.58. The van der Waals surface area contributed by atoms with Gasteiger partial charge >= 0.3 is 0 Å². The van der Waals surface area contributed by atoms with E-state index in [2.05, 4.69) is 39.1 Å². The maximum Gasteiger partial charge on any atom is 0.272 e. The second kappa shape index (κ2) is 7.35. The lowest BCUT2D eigenvalue weighted by molar-refractivity contribution is -0.0421. The van der Waals surface area contributed by atoms with E-state index in [0.29, 0.717) is 28.6 Å². The fraction of sp³-hybridized carbons (Fsp3) is 0.500. The van der Waals surface area contributed by atoms with E-state index in [1.54, 1.807) is 36.6 Å². The summed E-state index contributed by atoms with van der Waals surface area (Å²) < 4.78 is 7.33. The molecule has 1 saturated carbocycles. The van der Waals surface area contributed by atoms with Crippen LogP contribution in [0.4, 0.5) is 0 Å². The predicted molar refractivity (Wildman–Crippen MR) is 105 cm³/mol. The molecule has 3 aromatic rings. The SMILES string of the molecule is COC(C)(C)C1CCC(NC(=O)c2nc(-n3ccnc3)nc3cc[nH]c23)CC1. The van der Waals surface area contributed by atoms with Crippen LogP contribution in [0.5, 0.6) is 0 Å². The van der Waals surface area contributed by atoms with Crippen molar-refractivity contribution in [3.63, 3.8) is 0 Å². The number of ether oxygens (including phenoxy) is 1. The number of carbonyl (C=O) groups is 1. The minimum absolute atomic E-state index is 0.127. The predicted octanol–water partition coefficient (Wildman–Crippen LogP) is 2.86. The van der Waals surface area contributed by atoms with Crippen LogP contribution < -0.4 is 5.32 Å². The van der Waals surface area contributed by atoms with Crippen molar-refractivity contribution in [2.45, 2.75) is 51.2 Å². The number of hydrogen-bond acceptors (Lipinski definition) is 5. The highest BCUT2D eigenvalue weighted by Gasteiger charge is 2.33. The largest absolute Gasteiger partial charge is 0.379 e. The third kappa shape index (κ3) is 3.52. The van der Waals surface area contributed by atoms with Gasteiger partial charge in [0, 0.05) is 31.7 Å². The Balaban J connectivity index is 1.51. The van der Waals surface area contributed by atoms with Gasteiger partial charge in [-0.15, -0.1) is 0 Å². The maximum absolute atomic E-state index is 13.0. The third-order valence-corrected chi connectivity index (χ3v) is 5.92. The Morgan fingerprint density at radius 2 is 2.07 bits per heavy atom. The summed E-state index contributed by atoms with van der Waals surface area (Å²) >= 11 is 0. The van der Waals surface area contributed by atoms with E-state index >= 15 is 0 Å². The van der Waals surface area contributed by atoms with Crippen molar-refractivity contribution in [2.75, 3.05) is 7.11 Å². The first-order valence-corrected chi connectivity index (χ1v) is 9.67. The number of imidazole rings is 1. The molecule has 28 heavy (non-hydrogen) atoms. The Morgan fingerprint density at radius 1 is 1.29 bits per heavy atom. The molecule has 3 heterocycles. The van der Waals surface area contributed by atoms with Crippen molar-refractivity contribution in [3.8, 4) is 5.95 Å². The molecular weight excluding hydrogens is 356 g/mol. The van der Waals surface area contributed by atoms with Gasteiger partial charge in [0.05, 0.1) is 16.6 Å². The quantitative estimate of drug-likeness (QED) is 0.707. The summed E-state index contributed by atoms with van der Waals surface area (Å²) in [5.74, 6) is 0.763. The molecular formula is C20H26N6O2. The number of aromatic nitrogens is 5. The van der Waals surface area contributed by atoms with Gasteiger partial charge in [0.15, 0.2) is 5.69 Å². The summed E-state index contributed by atoms with van der Waals surface area (Å²) in [5, 5.41) is 3.16. The first-order valence-electron chi connectivity index (χ1n) is 9.67. The normalized spacial score (nSPS) is 20.4. The van der Waals surface area contributed by atoms with Crippen LogP contribution in [-0.2, 0) is 4.74 Å². The minimum atomic E-state index is -0.175. The number of fused-ring (bicyclic) bond motifs is 1. The fourth-order valence-corrected chi connectivity index (χ4v) is 3.94. The highest BCUT2D eigenvalue weighted by Crippen LogP contribution is 2.34. The van der Waals surface area contributed by atoms with Gasteiger partial charge in [-0.25, -0.2) is 15.0 Å². The Kier molecular flexibility index (Phi) is 4.89. The van der Waals surface area contributed by atoms with Crippen LogP contribution >= 0.6 is 0 Å². The van der Waals surface area contributed by atoms with Gasteiger partial charge in [-0.3, -0.25) is 9.36 Å². The van der Waals surface area contributed by atoms with Gasteiger partial charge in [-0.1, -0.05) is 0 Å². The van der Waals surface area contributed by atoms with Crippen LogP contribution in [0.15, 0.2) is 31.0 Å². The van der Waals surface area contributed by atoms with E-state index < -0.39 is 0 Å². The topological polar surface area (TPSA) is 97.7 Å². The number of methoxy groups -OCH3 is 1. The lowest BCUT2D eigenvalue weighted by Crippen LogP contribution is -2.42. The smallest absolute Gasteiger partial charge is 0.272 e. The molecule has 8 heteroatoms. The molecule has 0 aromatic carbocycles. The monoisotopic (exact) mass is 382 g/mol. The number of carbonyl (C=O) groups excluding carboxylic acids is 1. The van der Waals surface area contributed by atoms with Crippen molar-refractivity contribution in [2.24, 2.45) is 5.92 Å². The Bertz CT molecular complexity index is 954. The van der Waals surface area contributed by atoms with E-state index in [4.69, 9.17) is 4.74 Å². The molecule has 148 valence electrons. The molecule has 0 bridgehead atoms. The molecule has 0 radical (unpaired) electrons. The average molecular weight is 382 g/mol. The zero-order chi connectivity index (χ0) is 19.7. The molecule has 0 unspecified atom stereocenters. The van der Waals surface area contributed by atoms with Crippen molar-refractivity contribution < 1.29 is 9.53 Å². The standard InChI is InChI=1S/C20H26N6O2/c1-20(2,28-3)13-4-6-14(7-5-13)23-18(27)17-16-15(8-9-22-16)24-19(25-17)26-11-10-21-12-26/h8-14,22H,4-7H2,1-3H3,(H,23,27). The van der Waals surface area contributed by atoms with Crippen molar-refractivity contribution >= 4 is 16.9 Å². The lowest BCUT2D eigenvalue weighted by atomic mass is 9.77. The fourth-order valence-electron chi connectivity index (χ4n) is 3.94. The number of nitrogens with zero attached hydrogens (tertiary/aromatic N) is 4. The van der Waals surface area contributed by atoms with Crippen molar-refractivity contribution in [1.29, 1.82) is 0 Å². The van der Waals surface area contributed by atoms with Crippen LogP contribution in [0.3, 0.4) is 0 Å². The zero-order valence-electron chi connectivity index (χ0n) is 16.5. The second-order valence-corrected chi connectivity index (χ2v) is 7.91. The number of aromatic amines is 1. The molecule has 4 rings (SSSR count). The van der Waals surface area contributed by atoms with Gasteiger partial charge in [0.1, 0.15) is 6.33 Å². The molecule has 1 aliphatic rings. The van der Waals surface area contributed by atoms with E-state index in [9.17, 15) is 4.79 Å². The summed E-state index contributed by atoms with van der Waals surface area (Å²) in [7, 11) is 1.77. The van der Waals surface area contributed by atoms with Gasteiger partial charge < -0.3 is 15.0 Å². The van der Waals surface area contributed by atoms with Crippen LogP contribution in [0.2, 0.25) is 0 Å². The Morgan fingerprint density at radius 3 is 2.75 bits per heavy atom. The van der Waals surface area contributed by atoms with Crippen molar-refractivity contribution in [1.82, 2.24) is 29.8 Å². The van der Waals surface area contributed by atoms with E-state index in [0.717, 1.165) is 25.7 Å². The van der Waals surface area contributed by atoms with Gasteiger partial charge in [-0.2, -0.15) is 0 Å².